The number of hydrogen-bond donors (Lipinski definition) is 1. The number of fused-ring (bicyclic) bond motifs is 1. The highest BCUT2D eigenvalue weighted by Crippen LogP contribution is 2.19. The Hall–Kier alpha value is -2.25. The Labute approximate surface area is 133 Å². The number of benzene rings is 2. The Morgan fingerprint density at radius 2 is 1.96 bits per heavy atom. The SMILES string of the molecule is Cc1nc2cc(S(=O)(=O)NCc3ccccc3F)ccc2n1C. The molecule has 0 bridgehead atoms. The summed E-state index contributed by atoms with van der Waals surface area (Å²) in [7, 11) is -1.87. The topological polar surface area (TPSA) is 64.0 Å². The van der Waals surface area contributed by atoms with Gasteiger partial charge in [0.15, 0.2) is 0 Å². The molecule has 0 fully saturated rings. The van der Waals surface area contributed by atoms with Crippen LogP contribution in [0.5, 0.6) is 0 Å². The van der Waals surface area contributed by atoms with E-state index in [4.69, 9.17) is 0 Å². The monoisotopic (exact) mass is 333 g/mol. The van der Waals surface area contributed by atoms with Crippen LogP contribution < -0.4 is 4.72 Å². The third-order valence-corrected chi connectivity index (χ3v) is 5.20. The van der Waals surface area contributed by atoms with Crippen LogP contribution >= 0.6 is 0 Å². The second-order valence-electron chi connectivity index (χ2n) is 5.28. The van der Waals surface area contributed by atoms with E-state index in [2.05, 4.69) is 9.71 Å². The lowest BCUT2D eigenvalue weighted by Crippen LogP contribution is -2.23. The van der Waals surface area contributed by atoms with E-state index < -0.39 is 15.8 Å². The number of sulfonamides is 1. The minimum atomic E-state index is -3.74. The number of aromatic nitrogens is 2. The lowest BCUT2D eigenvalue weighted by Gasteiger charge is -2.08. The van der Waals surface area contributed by atoms with E-state index in [1.165, 1.54) is 18.2 Å². The van der Waals surface area contributed by atoms with Crippen LogP contribution in [0.2, 0.25) is 0 Å². The second-order valence-corrected chi connectivity index (χ2v) is 7.05. The van der Waals surface area contributed by atoms with Crippen molar-refractivity contribution in [2.75, 3.05) is 0 Å². The summed E-state index contributed by atoms with van der Waals surface area (Å²) in [4.78, 5) is 4.44. The average molecular weight is 333 g/mol. The van der Waals surface area contributed by atoms with Gasteiger partial charge in [-0.1, -0.05) is 18.2 Å². The molecule has 0 unspecified atom stereocenters. The molecule has 0 aliphatic carbocycles. The maximum Gasteiger partial charge on any atom is 0.240 e. The molecule has 0 aliphatic heterocycles. The van der Waals surface area contributed by atoms with E-state index in [0.717, 1.165) is 11.3 Å². The Kier molecular flexibility index (Phi) is 3.91. The van der Waals surface area contributed by atoms with Gasteiger partial charge in [0.05, 0.1) is 15.9 Å². The van der Waals surface area contributed by atoms with Crippen molar-refractivity contribution in [3.8, 4) is 0 Å². The van der Waals surface area contributed by atoms with Gasteiger partial charge >= 0.3 is 0 Å². The van der Waals surface area contributed by atoms with Crippen molar-refractivity contribution in [1.29, 1.82) is 0 Å². The van der Waals surface area contributed by atoms with Crippen molar-refractivity contribution in [3.63, 3.8) is 0 Å². The molecule has 0 saturated heterocycles. The van der Waals surface area contributed by atoms with Gasteiger partial charge in [-0.2, -0.15) is 0 Å². The maximum absolute atomic E-state index is 13.6. The molecule has 1 aromatic heterocycles. The number of nitrogens with zero attached hydrogens (tertiary/aromatic N) is 2. The summed E-state index contributed by atoms with van der Waals surface area (Å²) in [6.07, 6.45) is 0. The minimum absolute atomic E-state index is 0.103. The summed E-state index contributed by atoms with van der Waals surface area (Å²) in [5, 5.41) is 0. The number of imidazole rings is 1. The zero-order valence-electron chi connectivity index (χ0n) is 12.7. The van der Waals surface area contributed by atoms with Crippen LogP contribution in [0.4, 0.5) is 4.39 Å². The first kappa shape index (κ1) is 15.6. The fraction of sp³-hybridized carbons (Fsp3) is 0.188. The normalized spacial score (nSPS) is 12.0. The molecule has 7 heteroatoms. The number of rotatable bonds is 4. The van der Waals surface area contributed by atoms with Gasteiger partial charge in [-0.15, -0.1) is 0 Å². The van der Waals surface area contributed by atoms with Crippen LogP contribution in [-0.2, 0) is 23.6 Å². The highest BCUT2D eigenvalue weighted by atomic mass is 32.2. The van der Waals surface area contributed by atoms with E-state index in [0.29, 0.717) is 11.1 Å². The lowest BCUT2D eigenvalue weighted by atomic mass is 10.2. The lowest BCUT2D eigenvalue weighted by molar-refractivity contribution is 0.574. The summed E-state index contributed by atoms with van der Waals surface area (Å²) in [5.41, 5.74) is 1.76. The molecule has 3 aromatic rings. The molecule has 23 heavy (non-hydrogen) atoms. The number of halogens is 1. The van der Waals surface area contributed by atoms with Gasteiger partial charge in [0.25, 0.3) is 0 Å². The van der Waals surface area contributed by atoms with E-state index in [-0.39, 0.29) is 11.4 Å². The summed E-state index contributed by atoms with van der Waals surface area (Å²) in [6, 6.07) is 10.8. The molecule has 1 heterocycles. The van der Waals surface area contributed by atoms with E-state index in [9.17, 15) is 12.8 Å². The highest BCUT2D eigenvalue weighted by molar-refractivity contribution is 7.89. The molecular weight excluding hydrogens is 317 g/mol. The first-order valence-corrected chi connectivity index (χ1v) is 8.53. The van der Waals surface area contributed by atoms with Crippen molar-refractivity contribution >= 4 is 21.1 Å². The van der Waals surface area contributed by atoms with Gasteiger partial charge in [0, 0.05) is 19.2 Å². The smallest absolute Gasteiger partial charge is 0.240 e. The molecule has 120 valence electrons. The maximum atomic E-state index is 13.6. The van der Waals surface area contributed by atoms with Gasteiger partial charge in [0.2, 0.25) is 10.0 Å². The van der Waals surface area contributed by atoms with Crippen LogP contribution in [-0.4, -0.2) is 18.0 Å². The van der Waals surface area contributed by atoms with E-state index >= 15 is 0 Å². The summed E-state index contributed by atoms with van der Waals surface area (Å²) in [6.45, 7) is 1.75. The van der Waals surface area contributed by atoms with Crippen LogP contribution in [0.15, 0.2) is 47.4 Å². The minimum Gasteiger partial charge on any atom is -0.331 e. The van der Waals surface area contributed by atoms with Crippen LogP contribution in [0, 0.1) is 12.7 Å². The van der Waals surface area contributed by atoms with Crippen molar-refractivity contribution in [3.05, 3.63) is 59.7 Å². The first-order valence-electron chi connectivity index (χ1n) is 7.04. The molecule has 3 rings (SSSR count). The fourth-order valence-electron chi connectivity index (χ4n) is 2.37. The molecule has 0 radical (unpaired) electrons. The van der Waals surface area contributed by atoms with Gasteiger partial charge < -0.3 is 4.57 Å². The summed E-state index contributed by atoms with van der Waals surface area (Å²) in [5.74, 6) is 0.361. The van der Waals surface area contributed by atoms with Gasteiger partial charge in [0.1, 0.15) is 11.6 Å². The van der Waals surface area contributed by atoms with Gasteiger partial charge in [-0.05, 0) is 31.2 Å². The molecule has 0 amide bonds. The first-order chi connectivity index (χ1) is 10.9. The Morgan fingerprint density at radius 3 is 2.70 bits per heavy atom. The quantitative estimate of drug-likeness (QED) is 0.798. The molecular formula is C16H16FN3O2S. The number of nitrogens with one attached hydrogen (secondary N) is 1. The molecule has 2 aromatic carbocycles. The standard InChI is InChI=1S/C16H16FN3O2S/c1-11-19-15-9-13(7-8-16(15)20(11)2)23(21,22)18-10-12-5-3-4-6-14(12)17/h3-9,18H,10H2,1-2H3. The van der Waals surface area contributed by atoms with Gasteiger partial charge in [-0.3, -0.25) is 0 Å². The second kappa shape index (κ2) is 5.75. The third kappa shape index (κ3) is 2.97. The van der Waals surface area contributed by atoms with Crippen LogP contribution in [0.1, 0.15) is 11.4 Å². The Morgan fingerprint density at radius 1 is 1.22 bits per heavy atom. The highest BCUT2D eigenvalue weighted by Gasteiger charge is 2.16. The summed E-state index contributed by atoms with van der Waals surface area (Å²) < 4.78 is 42.6. The zero-order valence-corrected chi connectivity index (χ0v) is 13.6. The number of hydrogen-bond acceptors (Lipinski definition) is 3. The van der Waals surface area contributed by atoms with Crippen molar-refractivity contribution in [2.24, 2.45) is 7.05 Å². The zero-order chi connectivity index (χ0) is 16.6. The molecule has 0 saturated carbocycles. The van der Waals surface area contributed by atoms with Gasteiger partial charge in [-0.25, -0.2) is 22.5 Å². The van der Waals surface area contributed by atoms with Crippen LogP contribution in [0.25, 0.3) is 11.0 Å². The van der Waals surface area contributed by atoms with E-state index in [1.807, 2.05) is 18.5 Å². The van der Waals surface area contributed by atoms with Crippen LogP contribution in [0.3, 0.4) is 0 Å². The van der Waals surface area contributed by atoms with E-state index in [1.54, 1.807) is 24.3 Å². The summed E-state index contributed by atoms with van der Waals surface area (Å²) >= 11 is 0. The van der Waals surface area contributed by atoms with Crippen molar-refractivity contribution in [2.45, 2.75) is 18.4 Å². The fourth-order valence-corrected chi connectivity index (χ4v) is 3.39. The molecule has 1 N–H and O–H groups in total. The molecule has 0 spiro atoms. The number of aryl methyl sites for hydroxylation is 2. The Balaban J connectivity index is 1.89. The molecule has 5 nitrogen and oxygen atoms in total. The largest absolute Gasteiger partial charge is 0.331 e. The van der Waals surface area contributed by atoms with Crippen molar-refractivity contribution in [1.82, 2.24) is 14.3 Å². The predicted molar refractivity (Wildman–Crippen MR) is 85.9 cm³/mol. The van der Waals surface area contributed by atoms with Crippen molar-refractivity contribution < 1.29 is 12.8 Å². The Bertz CT molecular complexity index is 980. The predicted octanol–water partition coefficient (Wildman–Crippen LogP) is 2.50. The average Bonchev–Trinajstić information content (AvgIpc) is 2.81. The molecule has 0 atom stereocenters. The molecule has 0 aliphatic rings. The third-order valence-electron chi connectivity index (χ3n) is 3.80.